The van der Waals surface area contributed by atoms with Crippen molar-refractivity contribution in [3.8, 4) is 39.0 Å². The van der Waals surface area contributed by atoms with Crippen molar-refractivity contribution in [3.63, 3.8) is 0 Å². The van der Waals surface area contributed by atoms with Gasteiger partial charge in [-0.05, 0) is 125 Å². The minimum atomic E-state index is 0.116. The molecule has 9 heteroatoms. The number of aryl methyl sites for hydroxylation is 4. The summed E-state index contributed by atoms with van der Waals surface area (Å²) in [5.74, 6) is 0.116. The van der Waals surface area contributed by atoms with Gasteiger partial charge in [-0.15, -0.1) is 90.7 Å². The molecule has 1 aliphatic carbocycles. The predicted molar refractivity (Wildman–Crippen MR) is 228 cm³/mol. The molecule has 0 N–H and O–H groups in total. The van der Waals surface area contributed by atoms with E-state index in [0.717, 1.165) is 41.8 Å². The highest BCUT2D eigenvalue weighted by Crippen LogP contribution is 2.56. The highest BCUT2D eigenvalue weighted by atomic mass is 32.1. The van der Waals surface area contributed by atoms with Gasteiger partial charge >= 0.3 is 0 Å². The second-order valence-electron chi connectivity index (χ2n) is 12.1. The van der Waals surface area contributed by atoms with Gasteiger partial charge in [-0.3, -0.25) is 4.79 Å². The number of carbonyl (C=O) groups is 1. The lowest BCUT2D eigenvalue weighted by molar-refractivity contribution is -0.108. The van der Waals surface area contributed by atoms with E-state index in [-0.39, 0.29) is 5.78 Å². The zero-order chi connectivity index (χ0) is 34.1. The lowest BCUT2D eigenvalue weighted by Gasteiger charge is -2.09. The molecule has 0 saturated carbocycles. The van der Waals surface area contributed by atoms with E-state index in [9.17, 15) is 0 Å². The maximum atomic E-state index is 15.3. The number of hydrogen-bond donors (Lipinski definition) is 0. The first-order valence-electron chi connectivity index (χ1n) is 16.0. The Hall–Kier alpha value is -3.25. The number of allylic oxidation sites excluding steroid dienone is 4. The normalized spacial score (nSPS) is 13.5. The van der Waals surface area contributed by atoms with Gasteiger partial charge in [0.25, 0.3) is 0 Å². The largest absolute Gasteiger partial charge is 0.288 e. The first kappa shape index (κ1) is 32.6. The number of hydrogen-bond acceptors (Lipinski definition) is 9. The molecule has 0 radical (unpaired) electrons. The van der Waals surface area contributed by atoms with Gasteiger partial charge in [-0.2, -0.15) is 0 Å². The minimum Gasteiger partial charge on any atom is -0.288 e. The first-order chi connectivity index (χ1) is 24.3. The molecule has 8 aromatic rings. The Kier molecular flexibility index (Phi) is 8.53. The van der Waals surface area contributed by atoms with E-state index in [4.69, 9.17) is 0 Å². The lowest BCUT2D eigenvalue weighted by Crippen LogP contribution is -1.99. The molecule has 246 valence electrons. The average molecular weight is 793 g/mol. The Bertz CT molecular complexity index is 2440. The third-order valence-electron chi connectivity index (χ3n) is 8.55. The summed E-state index contributed by atoms with van der Waals surface area (Å²) in [5, 5.41) is 0. The Balaban J connectivity index is 1.27. The average Bonchev–Trinajstić information content (AvgIpc) is 3.92. The topological polar surface area (TPSA) is 17.1 Å². The Morgan fingerprint density at radius 2 is 0.460 bits per heavy atom. The smallest absolute Gasteiger partial charge is 0.197 e. The van der Waals surface area contributed by atoms with Gasteiger partial charge in [0.2, 0.25) is 0 Å². The summed E-state index contributed by atoms with van der Waals surface area (Å²) >= 11 is 14.3. The van der Waals surface area contributed by atoms with Crippen LogP contribution in [0.5, 0.6) is 0 Å². The second-order valence-corrected chi connectivity index (χ2v) is 21.6. The maximum absolute atomic E-state index is 15.3. The van der Waals surface area contributed by atoms with E-state index in [2.05, 4.69) is 125 Å². The molecule has 0 amide bonds. The molecule has 8 aromatic heterocycles. The van der Waals surface area contributed by atoms with Crippen molar-refractivity contribution in [3.05, 3.63) is 136 Å². The fraction of sp³-hybridized carbons (Fsp3) is 0.0976. The number of Topliss-reactive ketones (excluding diaryl/α,β-unsaturated/α-hetero) is 1. The van der Waals surface area contributed by atoms with Crippen molar-refractivity contribution < 1.29 is 4.79 Å². The molecule has 0 aromatic carbocycles. The first-order valence-corrected chi connectivity index (χ1v) is 22.5. The van der Waals surface area contributed by atoms with Gasteiger partial charge in [-0.1, -0.05) is 0 Å². The van der Waals surface area contributed by atoms with E-state index < -0.39 is 0 Å². The van der Waals surface area contributed by atoms with Crippen molar-refractivity contribution in [2.24, 2.45) is 0 Å². The SMILES string of the molecule is Cc1ccc(-c2ccc(C3=C(c4ccc(-c5ccc(C)s5)s4)C(c4ccc(-c5ccc(C)s5)s4)=C(c4ccc(-c5ccc(C)s5)s4)C3=O)s2)s1. The molecule has 0 saturated heterocycles. The van der Waals surface area contributed by atoms with E-state index in [0.29, 0.717) is 0 Å². The molecule has 0 fully saturated rings. The lowest BCUT2D eigenvalue weighted by atomic mass is 10.0. The zero-order valence-corrected chi connectivity index (χ0v) is 33.9. The van der Waals surface area contributed by atoms with Crippen LogP contribution in [0.25, 0.3) is 61.3 Å². The van der Waals surface area contributed by atoms with Crippen LogP contribution < -0.4 is 0 Å². The third kappa shape index (κ3) is 5.87. The van der Waals surface area contributed by atoms with Crippen LogP contribution in [0.15, 0.2) is 97.1 Å². The molecule has 8 heterocycles. The quantitative estimate of drug-likeness (QED) is 0.150. The number of carbonyl (C=O) groups excluding carboxylic acids is 1. The third-order valence-corrected chi connectivity index (χ3v) is 17.7. The van der Waals surface area contributed by atoms with Crippen molar-refractivity contribution in [2.75, 3.05) is 0 Å². The fourth-order valence-electron chi connectivity index (χ4n) is 6.25. The summed E-state index contributed by atoms with van der Waals surface area (Å²) in [4.78, 5) is 34.6. The van der Waals surface area contributed by atoms with Gasteiger partial charge < -0.3 is 0 Å². The highest BCUT2D eigenvalue weighted by molar-refractivity contribution is 7.26. The van der Waals surface area contributed by atoms with Crippen molar-refractivity contribution >= 4 is 119 Å². The Labute approximate surface area is 323 Å². The molecular formula is C41H28OS8. The van der Waals surface area contributed by atoms with Crippen LogP contribution in [-0.2, 0) is 4.79 Å². The van der Waals surface area contributed by atoms with E-state index in [1.54, 1.807) is 68.0 Å². The molecule has 0 aliphatic heterocycles. The van der Waals surface area contributed by atoms with Crippen LogP contribution in [0, 0.1) is 27.7 Å². The van der Waals surface area contributed by atoms with E-state index >= 15 is 4.79 Å². The van der Waals surface area contributed by atoms with Crippen molar-refractivity contribution in [1.82, 2.24) is 0 Å². The number of ketones is 1. The molecular weight excluding hydrogens is 765 g/mol. The van der Waals surface area contributed by atoms with Crippen molar-refractivity contribution in [1.29, 1.82) is 0 Å². The van der Waals surface area contributed by atoms with Gasteiger partial charge in [-0.25, -0.2) is 0 Å². The molecule has 0 spiro atoms. The molecule has 50 heavy (non-hydrogen) atoms. The number of rotatable bonds is 8. The van der Waals surface area contributed by atoms with Crippen LogP contribution in [-0.4, -0.2) is 5.78 Å². The maximum Gasteiger partial charge on any atom is 0.197 e. The number of thiophene rings is 8. The van der Waals surface area contributed by atoms with Crippen LogP contribution in [0.1, 0.15) is 39.0 Å². The standard InChI is InChI=1S/C41H28OS8/c1-21-5-9-25(43-21)29-13-17-33(47-29)37-38(34-18-14-30(48-34)26-10-6-22(2)44-26)40(36-20-16-32(50-36)28-12-8-24(4)46-28)41(42)39(37)35-19-15-31(49-35)27-11-7-23(3)45-27/h5-20H,1-4H3. The summed E-state index contributed by atoms with van der Waals surface area (Å²) in [7, 11) is 0. The summed E-state index contributed by atoms with van der Waals surface area (Å²) in [6, 6.07) is 35.2. The molecule has 0 unspecified atom stereocenters. The van der Waals surface area contributed by atoms with Crippen molar-refractivity contribution in [2.45, 2.75) is 27.7 Å². The van der Waals surface area contributed by atoms with Gasteiger partial charge in [0.1, 0.15) is 0 Å². The summed E-state index contributed by atoms with van der Waals surface area (Å²) in [6.07, 6.45) is 0. The van der Waals surface area contributed by atoms with Crippen LogP contribution in [0.3, 0.4) is 0 Å². The van der Waals surface area contributed by atoms with E-state index in [1.165, 1.54) is 58.5 Å². The minimum absolute atomic E-state index is 0.116. The molecule has 9 rings (SSSR count). The fourth-order valence-corrected chi connectivity index (χ4v) is 14.3. The van der Waals surface area contributed by atoms with Gasteiger partial charge in [0.05, 0.1) is 0 Å². The highest BCUT2D eigenvalue weighted by Gasteiger charge is 2.38. The van der Waals surface area contributed by atoms with E-state index in [1.807, 2.05) is 22.7 Å². The second kappa shape index (κ2) is 13.1. The van der Waals surface area contributed by atoms with Gasteiger partial charge in [0.15, 0.2) is 5.78 Å². The predicted octanol–water partition coefficient (Wildman–Crippen LogP) is 15.2. The Morgan fingerprint density at radius 3 is 0.700 bits per heavy atom. The summed E-state index contributed by atoms with van der Waals surface area (Å²) < 4.78 is 0. The zero-order valence-electron chi connectivity index (χ0n) is 27.4. The summed E-state index contributed by atoms with van der Waals surface area (Å²) in [6.45, 7) is 8.61. The molecule has 0 atom stereocenters. The van der Waals surface area contributed by atoms with Crippen LogP contribution in [0.4, 0.5) is 0 Å². The molecule has 1 nitrogen and oxygen atoms in total. The monoisotopic (exact) mass is 792 g/mol. The molecule has 1 aliphatic rings. The Morgan fingerprint density at radius 1 is 0.260 bits per heavy atom. The van der Waals surface area contributed by atoms with Gasteiger partial charge in [0, 0.05) is 100 Å². The van der Waals surface area contributed by atoms with Crippen LogP contribution >= 0.6 is 90.7 Å². The summed E-state index contributed by atoms with van der Waals surface area (Å²) in [5.41, 5.74) is 3.75. The molecule has 0 bridgehead atoms. The van der Waals surface area contributed by atoms with Crippen LogP contribution in [0.2, 0.25) is 0 Å².